The van der Waals surface area contributed by atoms with Gasteiger partial charge in [-0.3, -0.25) is 14.2 Å². The van der Waals surface area contributed by atoms with Crippen LogP contribution < -0.4 is 5.32 Å². The van der Waals surface area contributed by atoms with Crippen molar-refractivity contribution in [1.29, 1.82) is 0 Å². The van der Waals surface area contributed by atoms with Gasteiger partial charge in [0.25, 0.3) is 5.91 Å². The summed E-state index contributed by atoms with van der Waals surface area (Å²) in [7, 11) is 0. The molecule has 0 atom stereocenters. The number of rotatable bonds is 5. The molecule has 0 saturated heterocycles. The van der Waals surface area contributed by atoms with Gasteiger partial charge in [0.1, 0.15) is 5.82 Å². The number of hydrogen-bond acceptors (Lipinski definition) is 3. The molecule has 0 aliphatic heterocycles. The molecular formula is C17H17ClFN5O. The lowest BCUT2D eigenvalue weighted by Gasteiger charge is -2.06. The van der Waals surface area contributed by atoms with Gasteiger partial charge in [-0.1, -0.05) is 17.7 Å². The molecular weight excluding hydrogens is 345 g/mol. The molecule has 3 rings (SSSR count). The molecule has 130 valence electrons. The highest BCUT2D eigenvalue weighted by Crippen LogP contribution is 2.20. The van der Waals surface area contributed by atoms with E-state index in [4.69, 9.17) is 11.6 Å². The Bertz CT molecular complexity index is 918. The van der Waals surface area contributed by atoms with Crippen molar-refractivity contribution >= 4 is 23.3 Å². The normalized spacial score (nSPS) is 10.9. The molecule has 1 amide bonds. The van der Waals surface area contributed by atoms with Gasteiger partial charge in [-0.25, -0.2) is 4.39 Å². The smallest absolute Gasteiger partial charge is 0.277 e. The lowest BCUT2D eigenvalue weighted by atomic mass is 10.2. The third kappa shape index (κ3) is 3.88. The number of anilines is 1. The first-order valence-electron chi connectivity index (χ1n) is 7.79. The van der Waals surface area contributed by atoms with Gasteiger partial charge >= 0.3 is 0 Å². The van der Waals surface area contributed by atoms with Gasteiger partial charge in [0, 0.05) is 29.5 Å². The van der Waals surface area contributed by atoms with Gasteiger partial charge in [-0.15, -0.1) is 0 Å². The lowest BCUT2D eigenvalue weighted by Crippen LogP contribution is -2.14. The van der Waals surface area contributed by atoms with Crippen LogP contribution in [0.5, 0.6) is 0 Å². The zero-order valence-corrected chi connectivity index (χ0v) is 14.6. The number of aromatic nitrogens is 4. The Morgan fingerprint density at radius 2 is 2.08 bits per heavy atom. The second kappa shape index (κ2) is 7.06. The minimum atomic E-state index is -0.384. The topological polar surface area (TPSA) is 64.7 Å². The maximum atomic E-state index is 13.1. The predicted octanol–water partition coefficient (Wildman–Crippen LogP) is 3.50. The summed E-state index contributed by atoms with van der Waals surface area (Å²) in [6.45, 7) is 4.89. The highest BCUT2D eigenvalue weighted by Gasteiger charge is 2.13. The molecule has 0 radical (unpaired) electrons. The summed E-state index contributed by atoms with van der Waals surface area (Å²) >= 11 is 6.06. The second-order valence-corrected chi connectivity index (χ2v) is 5.98. The average Bonchev–Trinajstić information content (AvgIpc) is 3.17. The number of aryl methyl sites for hydroxylation is 2. The Morgan fingerprint density at radius 3 is 2.76 bits per heavy atom. The molecule has 8 heteroatoms. The van der Waals surface area contributed by atoms with Crippen LogP contribution in [0, 0.1) is 12.7 Å². The van der Waals surface area contributed by atoms with Gasteiger partial charge in [-0.2, -0.15) is 10.2 Å². The standard InChI is InChI=1S/C17H17ClFN5O/c1-3-23-7-6-15(21-23)17(25)20-16-8-11(2)24(22-16)10-12-4-5-13(19)9-14(12)18/h4-9H,3,10H2,1-2H3,(H,20,22,25). The van der Waals surface area contributed by atoms with E-state index >= 15 is 0 Å². The molecule has 0 bridgehead atoms. The Morgan fingerprint density at radius 1 is 1.28 bits per heavy atom. The number of amides is 1. The van der Waals surface area contributed by atoms with E-state index in [1.165, 1.54) is 12.1 Å². The van der Waals surface area contributed by atoms with E-state index in [-0.39, 0.29) is 11.7 Å². The summed E-state index contributed by atoms with van der Waals surface area (Å²) < 4.78 is 16.5. The van der Waals surface area contributed by atoms with Gasteiger partial charge in [0.2, 0.25) is 0 Å². The fourth-order valence-electron chi connectivity index (χ4n) is 2.38. The number of halogens is 2. The van der Waals surface area contributed by atoms with Crippen molar-refractivity contribution < 1.29 is 9.18 Å². The molecule has 1 aromatic carbocycles. The molecule has 0 unspecified atom stereocenters. The third-order valence-electron chi connectivity index (χ3n) is 3.76. The van der Waals surface area contributed by atoms with Gasteiger partial charge < -0.3 is 5.32 Å². The number of benzene rings is 1. The Hall–Kier alpha value is -2.67. The molecule has 0 aliphatic rings. The van der Waals surface area contributed by atoms with E-state index in [1.807, 2.05) is 13.8 Å². The zero-order chi connectivity index (χ0) is 18.0. The average molecular weight is 362 g/mol. The summed E-state index contributed by atoms with van der Waals surface area (Å²) in [4.78, 5) is 12.2. The first-order chi connectivity index (χ1) is 12.0. The van der Waals surface area contributed by atoms with Gasteiger partial charge in [0.15, 0.2) is 11.5 Å². The highest BCUT2D eigenvalue weighted by atomic mass is 35.5. The van der Waals surface area contributed by atoms with E-state index < -0.39 is 0 Å². The summed E-state index contributed by atoms with van der Waals surface area (Å²) in [5.41, 5.74) is 1.92. The summed E-state index contributed by atoms with van der Waals surface area (Å²) in [5, 5.41) is 11.6. The molecule has 1 N–H and O–H groups in total. The van der Waals surface area contributed by atoms with Crippen LogP contribution in [0.4, 0.5) is 10.2 Å². The monoisotopic (exact) mass is 361 g/mol. The van der Waals surface area contributed by atoms with Gasteiger partial charge in [0.05, 0.1) is 6.54 Å². The Labute approximate surface area is 149 Å². The SMILES string of the molecule is CCn1ccc(C(=O)Nc2cc(C)n(Cc3ccc(F)cc3Cl)n2)n1. The fourth-order valence-corrected chi connectivity index (χ4v) is 2.61. The van der Waals surface area contributed by atoms with Crippen molar-refractivity contribution in [2.24, 2.45) is 0 Å². The van der Waals surface area contributed by atoms with Crippen LogP contribution in [-0.2, 0) is 13.1 Å². The molecule has 25 heavy (non-hydrogen) atoms. The van der Waals surface area contributed by atoms with E-state index in [2.05, 4.69) is 15.5 Å². The first-order valence-corrected chi connectivity index (χ1v) is 8.17. The van der Waals surface area contributed by atoms with Crippen molar-refractivity contribution in [3.05, 3.63) is 64.3 Å². The van der Waals surface area contributed by atoms with Gasteiger partial charge in [-0.05, 0) is 37.6 Å². The van der Waals surface area contributed by atoms with Crippen molar-refractivity contribution in [3.8, 4) is 0 Å². The minimum absolute atomic E-state index is 0.323. The molecule has 3 aromatic rings. The zero-order valence-electron chi connectivity index (χ0n) is 13.8. The number of hydrogen-bond donors (Lipinski definition) is 1. The second-order valence-electron chi connectivity index (χ2n) is 5.58. The number of nitrogens with one attached hydrogen (secondary N) is 1. The Balaban J connectivity index is 1.74. The molecule has 0 spiro atoms. The van der Waals surface area contributed by atoms with Crippen molar-refractivity contribution in [3.63, 3.8) is 0 Å². The van der Waals surface area contributed by atoms with Crippen LogP contribution in [0.1, 0.15) is 28.7 Å². The quantitative estimate of drug-likeness (QED) is 0.756. The van der Waals surface area contributed by atoms with Crippen LogP contribution in [0.25, 0.3) is 0 Å². The van der Waals surface area contributed by atoms with Crippen LogP contribution in [0.3, 0.4) is 0 Å². The third-order valence-corrected chi connectivity index (χ3v) is 4.11. The van der Waals surface area contributed by atoms with Crippen LogP contribution in [0.2, 0.25) is 5.02 Å². The minimum Gasteiger partial charge on any atom is -0.304 e. The molecule has 2 aromatic heterocycles. The number of nitrogens with zero attached hydrogens (tertiary/aromatic N) is 4. The molecule has 0 fully saturated rings. The first kappa shape index (κ1) is 17.2. The number of carbonyl (C=O) groups excluding carboxylic acids is 1. The maximum absolute atomic E-state index is 13.1. The fraction of sp³-hybridized carbons (Fsp3) is 0.235. The van der Waals surface area contributed by atoms with Crippen molar-refractivity contribution in [2.45, 2.75) is 26.9 Å². The van der Waals surface area contributed by atoms with Crippen LogP contribution >= 0.6 is 11.6 Å². The highest BCUT2D eigenvalue weighted by molar-refractivity contribution is 6.31. The molecule has 0 saturated carbocycles. The van der Waals surface area contributed by atoms with E-state index in [0.29, 0.717) is 29.6 Å². The van der Waals surface area contributed by atoms with Crippen molar-refractivity contribution in [2.75, 3.05) is 5.32 Å². The molecule has 0 aliphatic carbocycles. The van der Waals surface area contributed by atoms with Crippen LogP contribution in [-0.4, -0.2) is 25.5 Å². The van der Waals surface area contributed by atoms with E-state index in [1.54, 1.807) is 33.8 Å². The Kier molecular flexibility index (Phi) is 4.85. The summed E-state index contributed by atoms with van der Waals surface area (Å²) in [6, 6.07) is 7.65. The maximum Gasteiger partial charge on any atom is 0.277 e. The largest absolute Gasteiger partial charge is 0.304 e. The van der Waals surface area contributed by atoms with E-state index in [0.717, 1.165) is 11.3 Å². The number of carbonyl (C=O) groups is 1. The van der Waals surface area contributed by atoms with Crippen molar-refractivity contribution in [1.82, 2.24) is 19.6 Å². The summed E-state index contributed by atoms with van der Waals surface area (Å²) in [5.74, 6) is -0.283. The van der Waals surface area contributed by atoms with E-state index in [9.17, 15) is 9.18 Å². The molecule has 6 nitrogen and oxygen atoms in total. The predicted molar refractivity (Wildman–Crippen MR) is 93.3 cm³/mol. The lowest BCUT2D eigenvalue weighted by molar-refractivity contribution is 0.102. The van der Waals surface area contributed by atoms with Crippen LogP contribution in [0.15, 0.2) is 36.5 Å². The summed E-state index contributed by atoms with van der Waals surface area (Å²) in [6.07, 6.45) is 1.75. The molecule has 2 heterocycles.